The first-order valence-corrected chi connectivity index (χ1v) is 6.64. The van der Waals surface area contributed by atoms with Gasteiger partial charge in [0.25, 0.3) is 5.91 Å². The minimum Gasteiger partial charge on any atom is -0.451 e. The van der Waals surface area contributed by atoms with Gasteiger partial charge in [0.1, 0.15) is 5.58 Å². The Balaban J connectivity index is 1.78. The van der Waals surface area contributed by atoms with E-state index in [4.69, 9.17) is 4.42 Å². The van der Waals surface area contributed by atoms with Crippen molar-refractivity contribution in [1.29, 1.82) is 0 Å². The highest BCUT2D eigenvalue weighted by Gasteiger charge is 2.29. The third-order valence-corrected chi connectivity index (χ3v) is 3.50. The molecule has 1 unspecified atom stereocenters. The van der Waals surface area contributed by atoms with Gasteiger partial charge in [0, 0.05) is 12.6 Å². The summed E-state index contributed by atoms with van der Waals surface area (Å²) in [7, 11) is 0. The van der Waals surface area contributed by atoms with Gasteiger partial charge in [-0.2, -0.15) is 0 Å². The summed E-state index contributed by atoms with van der Waals surface area (Å²) in [4.78, 5) is 23.8. The minimum atomic E-state index is -0.522. The van der Waals surface area contributed by atoms with Gasteiger partial charge < -0.3 is 14.8 Å². The summed E-state index contributed by atoms with van der Waals surface area (Å²) >= 11 is 0. The number of para-hydroxylation sites is 1. The van der Waals surface area contributed by atoms with Gasteiger partial charge in [-0.1, -0.05) is 12.1 Å². The molecule has 0 spiro atoms. The van der Waals surface area contributed by atoms with Crippen molar-refractivity contribution in [2.75, 3.05) is 6.54 Å². The van der Waals surface area contributed by atoms with E-state index in [1.807, 2.05) is 0 Å². The monoisotopic (exact) mass is 273 g/mol. The van der Waals surface area contributed by atoms with Crippen LogP contribution in [0.25, 0.3) is 11.0 Å². The number of nitrogens with one attached hydrogen (secondary N) is 1. The van der Waals surface area contributed by atoms with Crippen LogP contribution in [0.1, 0.15) is 23.4 Å². The standard InChI is InChI=1S/C15H15NO4/c17-11-7-14(20-13-4-2-1-3-10(11)13)15(19)16-8-12(18)9-5-6-9/h1-4,7,9,12,18H,5-6,8H2,(H,16,19). The Morgan fingerprint density at radius 3 is 2.90 bits per heavy atom. The maximum Gasteiger partial charge on any atom is 0.287 e. The predicted octanol–water partition coefficient (Wildman–Crippen LogP) is 1.29. The van der Waals surface area contributed by atoms with E-state index in [-0.39, 0.29) is 17.7 Å². The number of hydrogen-bond donors (Lipinski definition) is 2. The number of fused-ring (bicyclic) bond motifs is 1. The van der Waals surface area contributed by atoms with Crippen LogP contribution in [-0.2, 0) is 0 Å². The van der Waals surface area contributed by atoms with Crippen LogP contribution in [0.4, 0.5) is 0 Å². The quantitative estimate of drug-likeness (QED) is 0.879. The van der Waals surface area contributed by atoms with Gasteiger partial charge in [0.2, 0.25) is 0 Å². The molecule has 20 heavy (non-hydrogen) atoms. The highest BCUT2D eigenvalue weighted by Crippen LogP contribution is 2.32. The van der Waals surface area contributed by atoms with E-state index >= 15 is 0 Å². The molecule has 2 aromatic rings. The zero-order valence-electron chi connectivity index (χ0n) is 10.8. The minimum absolute atomic E-state index is 0.0308. The molecule has 3 rings (SSSR count). The average molecular weight is 273 g/mol. The van der Waals surface area contributed by atoms with Gasteiger partial charge in [-0.05, 0) is 30.9 Å². The molecule has 0 aliphatic heterocycles. The lowest BCUT2D eigenvalue weighted by atomic mass is 10.2. The van der Waals surface area contributed by atoms with Crippen molar-refractivity contribution in [3.05, 3.63) is 46.3 Å². The molecule has 0 saturated heterocycles. The van der Waals surface area contributed by atoms with Crippen LogP contribution in [0.2, 0.25) is 0 Å². The van der Waals surface area contributed by atoms with Crippen LogP contribution in [0.5, 0.6) is 0 Å². The zero-order chi connectivity index (χ0) is 14.1. The van der Waals surface area contributed by atoms with E-state index in [0.717, 1.165) is 12.8 Å². The van der Waals surface area contributed by atoms with Crippen LogP contribution >= 0.6 is 0 Å². The molecule has 5 heteroatoms. The van der Waals surface area contributed by atoms with Crippen LogP contribution in [-0.4, -0.2) is 23.7 Å². The lowest BCUT2D eigenvalue weighted by Crippen LogP contribution is -2.33. The third kappa shape index (κ3) is 2.58. The fraction of sp³-hybridized carbons (Fsp3) is 0.333. The number of rotatable bonds is 4. The number of aliphatic hydroxyl groups excluding tert-OH is 1. The summed E-state index contributed by atoms with van der Waals surface area (Å²) in [5, 5.41) is 12.7. The van der Waals surface area contributed by atoms with Crippen molar-refractivity contribution in [2.24, 2.45) is 5.92 Å². The molecule has 1 amide bonds. The second-order valence-corrected chi connectivity index (χ2v) is 5.09. The molecule has 1 heterocycles. The lowest BCUT2D eigenvalue weighted by Gasteiger charge is -2.10. The van der Waals surface area contributed by atoms with Crippen molar-refractivity contribution < 1.29 is 14.3 Å². The Morgan fingerprint density at radius 2 is 2.15 bits per heavy atom. The number of carbonyl (C=O) groups excluding carboxylic acids is 1. The van der Waals surface area contributed by atoms with Gasteiger partial charge in [0.15, 0.2) is 11.2 Å². The van der Waals surface area contributed by atoms with Crippen molar-refractivity contribution in [1.82, 2.24) is 5.32 Å². The van der Waals surface area contributed by atoms with Gasteiger partial charge in [-0.15, -0.1) is 0 Å². The second-order valence-electron chi connectivity index (χ2n) is 5.09. The van der Waals surface area contributed by atoms with Gasteiger partial charge in [-0.3, -0.25) is 9.59 Å². The zero-order valence-corrected chi connectivity index (χ0v) is 10.8. The smallest absolute Gasteiger partial charge is 0.287 e. The molecule has 1 aliphatic rings. The molecule has 104 valence electrons. The fourth-order valence-electron chi connectivity index (χ4n) is 2.15. The summed E-state index contributed by atoms with van der Waals surface area (Å²) in [5.74, 6) is -0.219. The summed E-state index contributed by atoms with van der Waals surface area (Å²) < 4.78 is 5.42. The number of carbonyl (C=O) groups is 1. The van der Waals surface area contributed by atoms with Gasteiger partial charge >= 0.3 is 0 Å². The number of amides is 1. The topological polar surface area (TPSA) is 79.5 Å². The molecule has 1 fully saturated rings. The summed E-state index contributed by atoms with van der Waals surface area (Å²) in [6.45, 7) is 0.181. The van der Waals surface area contributed by atoms with E-state index in [2.05, 4.69) is 5.32 Å². The van der Waals surface area contributed by atoms with Gasteiger partial charge in [0.05, 0.1) is 11.5 Å². The highest BCUT2D eigenvalue weighted by molar-refractivity contribution is 5.93. The maximum absolute atomic E-state index is 11.9. The van der Waals surface area contributed by atoms with Crippen molar-refractivity contribution >= 4 is 16.9 Å². The Hall–Kier alpha value is -2.14. The Labute approximate surface area is 115 Å². The number of benzene rings is 1. The summed E-state index contributed by atoms with van der Waals surface area (Å²) in [6.07, 6.45) is 1.48. The van der Waals surface area contributed by atoms with Crippen molar-refractivity contribution in [2.45, 2.75) is 18.9 Å². The molecule has 1 aromatic carbocycles. The normalized spacial score (nSPS) is 16.1. The van der Waals surface area contributed by atoms with Crippen molar-refractivity contribution in [3.8, 4) is 0 Å². The molecular weight excluding hydrogens is 258 g/mol. The molecule has 1 aliphatic carbocycles. The van der Waals surface area contributed by atoms with Gasteiger partial charge in [-0.25, -0.2) is 0 Å². The first-order valence-electron chi connectivity index (χ1n) is 6.64. The maximum atomic E-state index is 11.9. The number of aliphatic hydroxyl groups is 1. The lowest BCUT2D eigenvalue weighted by molar-refractivity contribution is 0.0875. The first kappa shape index (κ1) is 12.9. The predicted molar refractivity (Wildman–Crippen MR) is 73.5 cm³/mol. The van der Waals surface area contributed by atoms with E-state index in [9.17, 15) is 14.7 Å². The molecule has 1 aromatic heterocycles. The van der Waals surface area contributed by atoms with Crippen LogP contribution in [0.15, 0.2) is 39.5 Å². The van der Waals surface area contributed by atoms with E-state index in [0.29, 0.717) is 16.9 Å². The molecule has 1 saturated carbocycles. The fourth-order valence-corrected chi connectivity index (χ4v) is 2.15. The molecule has 2 N–H and O–H groups in total. The number of hydrogen-bond acceptors (Lipinski definition) is 4. The third-order valence-electron chi connectivity index (χ3n) is 3.50. The van der Waals surface area contributed by atoms with Crippen LogP contribution < -0.4 is 10.7 Å². The summed E-state index contributed by atoms with van der Waals surface area (Å²) in [6, 6.07) is 7.96. The molecule has 1 atom stereocenters. The second kappa shape index (κ2) is 5.09. The van der Waals surface area contributed by atoms with Crippen LogP contribution in [0, 0.1) is 5.92 Å². The van der Waals surface area contributed by atoms with E-state index in [1.54, 1.807) is 24.3 Å². The Kier molecular flexibility index (Phi) is 3.28. The summed E-state index contributed by atoms with van der Waals surface area (Å²) in [5.41, 5.74) is 0.132. The molecular formula is C15H15NO4. The van der Waals surface area contributed by atoms with Crippen LogP contribution in [0.3, 0.4) is 0 Å². The molecule has 0 bridgehead atoms. The Bertz CT molecular complexity index is 702. The molecule has 5 nitrogen and oxygen atoms in total. The molecule has 0 radical (unpaired) electrons. The van der Waals surface area contributed by atoms with E-state index in [1.165, 1.54) is 6.07 Å². The van der Waals surface area contributed by atoms with Crippen molar-refractivity contribution in [3.63, 3.8) is 0 Å². The highest BCUT2D eigenvalue weighted by atomic mass is 16.3. The largest absolute Gasteiger partial charge is 0.451 e. The van der Waals surface area contributed by atoms with E-state index < -0.39 is 12.0 Å². The first-order chi connectivity index (χ1) is 9.65. The average Bonchev–Trinajstić information content (AvgIpc) is 3.29. The Morgan fingerprint density at radius 1 is 1.40 bits per heavy atom. The SMILES string of the molecule is O=C(NCC(O)C1CC1)c1cc(=O)c2ccccc2o1.